The molecule has 0 radical (unpaired) electrons. The lowest BCUT2D eigenvalue weighted by molar-refractivity contribution is 0.171. The maximum Gasteiger partial charge on any atom is 0.0758 e. The molecule has 1 heterocycles. The van der Waals surface area contributed by atoms with Gasteiger partial charge >= 0.3 is 0 Å². The summed E-state index contributed by atoms with van der Waals surface area (Å²) in [6.07, 6.45) is 5.27. The summed E-state index contributed by atoms with van der Waals surface area (Å²) in [6.45, 7) is 8.18. The highest BCUT2D eigenvalue weighted by Crippen LogP contribution is 2.44. The van der Waals surface area contributed by atoms with E-state index in [1.54, 1.807) is 11.3 Å². The van der Waals surface area contributed by atoms with Crippen LogP contribution in [0.25, 0.3) is 0 Å². The number of nitrogens with one attached hydrogen (secondary N) is 1. The first-order chi connectivity index (χ1) is 9.52. The van der Waals surface area contributed by atoms with Gasteiger partial charge in [0, 0.05) is 6.04 Å². The normalized spacial score (nSPS) is 28.6. The fourth-order valence-corrected chi connectivity index (χ4v) is 6.22. The average molecular weight is 423 g/mol. The quantitative estimate of drug-likeness (QED) is 0.579. The lowest BCUT2D eigenvalue weighted by atomic mass is 9.72. The molecule has 4 atom stereocenters. The maximum atomic E-state index is 3.80. The number of thiophene rings is 1. The van der Waals surface area contributed by atoms with Crippen LogP contribution in [0, 0.1) is 17.8 Å². The topological polar surface area (TPSA) is 12.0 Å². The molecule has 1 saturated carbocycles. The predicted molar refractivity (Wildman–Crippen MR) is 96.4 cm³/mol. The van der Waals surface area contributed by atoms with Gasteiger partial charge in [0.1, 0.15) is 0 Å². The lowest BCUT2D eigenvalue weighted by Gasteiger charge is -2.37. The molecule has 2 rings (SSSR count). The zero-order chi connectivity index (χ0) is 14.7. The van der Waals surface area contributed by atoms with E-state index in [9.17, 15) is 0 Å². The molecule has 1 aromatic rings. The Morgan fingerprint density at radius 3 is 2.60 bits per heavy atom. The van der Waals surface area contributed by atoms with Crippen LogP contribution in [0.15, 0.2) is 13.6 Å². The zero-order valence-electron chi connectivity index (χ0n) is 12.6. The van der Waals surface area contributed by atoms with Gasteiger partial charge in [-0.2, -0.15) is 0 Å². The maximum absolute atomic E-state index is 3.80. The summed E-state index contributed by atoms with van der Waals surface area (Å²) in [5.41, 5.74) is 1.45. The summed E-state index contributed by atoms with van der Waals surface area (Å²) in [5.74, 6) is 2.50. The second-order valence-electron chi connectivity index (χ2n) is 6.24. The molecule has 1 aliphatic rings. The minimum Gasteiger partial charge on any atom is -0.310 e. The van der Waals surface area contributed by atoms with E-state index in [1.807, 2.05) is 0 Å². The van der Waals surface area contributed by atoms with Crippen LogP contribution < -0.4 is 5.32 Å². The molecule has 0 spiro atoms. The van der Waals surface area contributed by atoms with Crippen LogP contribution in [0.1, 0.15) is 58.1 Å². The first-order valence-corrected chi connectivity index (χ1v) is 10.1. The third kappa shape index (κ3) is 4.08. The van der Waals surface area contributed by atoms with Crippen molar-refractivity contribution in [2.24, 2.45) is 17.8 Å². The second-order valence-corrected chi connectivity index (χ2v) is 9.99. The third-order valence-corrected chi connectivity index (χ3v) is 7.13. The zero-order valence-corrected chi connectivity index (χ0v) is 16.6. The van der Waals surface area contributed by atoms with Crippen molar-refractivity contribution in [2.45, 2.75) is 52.5 Å². The summed E-state index contributed by atoms with van der Waals surface area (Å²) in [5, 5.41) is 3.80. The molecule has 1 aliphatic carbocycles. The van der Waals surface area contributed by atoms with Crippen molar-refractivity contribution in [3.8, 4) is 0 Å². The van der Waals surface area contributed by atoms with E-state index >= 15 is 0 Å². The van der Waals surface area contributed by atoms with E-state index in [0.29, 0.717) is 6.04 Å². The van der Waals surface area contributed by atoms with E-state index in [1.165, 1.54) is 38.8 Å². The average Bonchev–Trinajstić information content (AvgIpc) is 2.73. The first kappa shape index (κ1) is 17.0. The number of hydrogen-bond acceptors (Lipinski definition) is 2. The first-order valence-electron chi connectivity index (χ1n) is 7.71. The molecule has 20 heavy (non-hydrogen) atoms. The summed E-state index contributed by atoms with van der Waals surface area (Å²) in [4.78, 5) is 0. The van der Waals surface area contributed by atoms with Crippen LogP contribution in [0.3, 0.4) is 0 Å². The van der Waals surface area contributed by atoms with Crippen LogP contribution >= 0.6 is 43.2 Å². The van der Waals surface area contributed by atoms with E-state index in [-0.39, 0.29) is 0 Å². The minimum atomic E-state index is 0.502. The van der Waals surface area contributed by atoms with Crippen LogP contribution in [0.4, 0.5) is 0 Å². The van der Waals surface area contributed by atoms with Crippen LogP contribution in [0.5, 0.6) is 0 Å². The Morgan fingerprint density at radius 2 is 2.05 bits per heavy atom. The van der Waals surface area contributed by atoms with Gasteiger partial charge < -0.3 is 5.32 Å². The van der Waals surface area contributed by atoms with Crippen molar-refractivity contribution in [3.63, 3.8) is 0 Å². The van der Waals surface area contributed by atoms with Gasteiger partial charge in [-0.15, -0.1) is 11.3 Å². The smallest absolute Gasteiger partial charge is 0.0758 e. The van der Waals surface area contributed by atoms with Gasteiger partial charge in [0.25, 0.3) is 0 Å². The van der Waals surface area contributed by atoms with Gasteiger partial charge in [-0.25, -0.2) is 0 Å². The standard InChI is InChI=1S/C16H25Br2NS/c1-4-7-19-15(13-9-14(17)20-16(13)18)12-6-5-10(2)11(3)8-12/h9-12,15,19H,4-8H2,1-3H3. The van der Waals surface area contributed by atoms with Crippen LogP contribution in [-0.4, -0.2) is 6.54 Å². The molecule has 4 unspecified atom stereocenters. The van der Waals surface area contributed by atoms with Crippen LogP contribution in [-0.2, 0) is 0 Å². The SMILES string of the molecule is CCCNC(c1cc(Br)sc1Br)C1CCC(C)C(C)C1. The van der Waals surface area contributed by atoms with Crippen molar-refractivity contribution in [2.75, 3.05) is 6.54 Å². The van der Waals surface area contributed by atoms with Crippen LogP contribution in [0.2, 0.25) is 0 Å². The minimum absolute atomic E-state index is 0.502. The highest BCUT2D eigenvalue weighted by molar-refractivity contribution is 9.12. The van der Waals surface area contributed by atoms with Gasteiger partial charge in [0.2, 0.25) is 0 Å². The van der Waals surface area contributed by atoms with Gasteiger partial charge in [-0.1, -0.05) is 27.2 Å². The Hall–Kier alpha value is 0.620. The number of hydrogen-bond donors (Lipinski definition) is 1. The largest absolute Gasteiger partial charge is 0.310 e. The van der Waals surface area contributed by atoms with E-state index in [4.69, 9.17) is 0 Å². The molecular formula is C16H25Br2NS. The third-order valence-electron chi connectivity index (χ3n) is 4.74. The fraction of sp³-hybridized carbons (Fsp3) is 0.750. The predicted octanol–water partition coefficient (Wildman–Crippen LogP) is 6.39. The summed E-state index contributed by atoms with van der Waals surface area (Å²) in [7, 11) is 0. The van der Waals surface area contributed by atoms with Crippen molar-refractivity contribution in [1.29, 1.82) is 0 Å². The Kier molecular flexibility index (Phi) is 6.58. The molecule has 0 aromatic carbocycles. The van der Waals surface area contributed by atoms with Gasteiger partial charge in [0.15, 0.2) is 0 Å². The van der Waals surface area contributed by atoms with Crippen molar-refractivity contribution < 1.29 is 0 Å². The van der Waals surface area contributed by atoms with Crippen molar-refractivity contribution in [3.05, 3.63) is 19.2 Å². The van der Waals surface area contributed by atoms with E-state index < -0.39 is 0 Å². The molecule has 0 amide bonds. The molecule has 1 fully saturated rings. The Morgan fingerprint density at radius 1 is 1.30 bits per heavy atom. The second kappa shape index (κ2) is 7.75. The van der Waals surface area contributed by atoms with Crippen molar-refractivity contribution >= 4 is 43.2 Å². The molecule has 1 nitrogen and oxygen atoms in total. The molecule has 114 valence electrons. The Balaban J connectivity index is 2.17. The molecule has 0 aliphatic heterocycles. The Bertz CT molecular complexity index is 432. The van der Waals surface area contributed by atoms with E-state index in [0.717, 1.165) is 24.3 Å². The number of halogens is 2. The number of rotatable bonds is 5. The lowest BCUT2D eigenvalue weighted by Crippen LogP contribution is -2.33. The molecule has 1 N–H and O–H groups in total. The highest BCUT2D eigenvalue weighted by atomic mass is 79.9. The molecule has 1 aromatic heterocycles. The van der Waals surface area contributed by atoms with Crippen molar-refractivity contribution in [1.82, 2.24) is 5.32 Å². The molecule has 0 saturated heterocycles. The summed E-state index contributed by atoms with van der Waals surface area (Å²) < 4.78 is 2.50. The van der Waals surface area contributed by atoms with Gasteiger partial charge in [-0.3, -0.25) is 0 Å². The monoisotopic (exact) mass is 421 g/mol. The fourth-order valence-electron chi connectivity index (χ4n) is 3.29. The van der Waals surface area contributed by atoms with Gasteiger partial charge in [0.05, 0.1) is 7.57 Å². The molecule has 4 heteroatoms. The molecular weight excluding hydrogens is 398 g/mol. The summed E-state index contributed by atoms with van der Waals surface area (Å²) in [6, 6.07) is 2.80. The Labute approximate surface area is 144 Å². The van der Waals surface area contributed by atoms with Gasteiger partial charge in [-0.05, 0) is 87.1 Å². The summed E-state index contributed by atoms with van der Waals surface area (Å²) >= 11 is 9.17. The van der Waals surface area contributed by atoms with E-state index in [2.05, 4.69) is 64.0 Å². The molecule has 0 bridgehead atoms. The highest BCUT2D eigenvalue weighted by Gasteiger charge is 2.32.